The van der Waals surface area contributed by atoms with Gasteiger partial charge in [0.25, 0.3) is 0 Å². The number of hydrogen-bond acceptors (Lipinski definition) is 6. The van der Waals surface area contributed by atoms with Gasteiger partial charge in [0.2, 0.25) is 10.0 Å². The number of rotatable bonds is 5. The van der Waals surface area contributed by atoms with Crippen molar-refractivity contribution in [2.45, 2.75) is 4.90 Å². The van der Waals surface area contributed by atoms with Gasteiger partial charge < -0.3 is 10.2 Å². The summed E-state index contributed by atoms with van der Waals surface area (Å²) in [6.07, 6.45) is 0. The molecule has 1 fully saturated rings. The number of hydrogen-bond donors (Lipinski definition) is 2. The Balaban J connectivity index is 2.16. The molecular weight excluding hydrogens is 304 g/mol. The molecule has 1 aliphatic heterocycles. The van der Waals surface area contributed by atoms with Gasteiger partial charge in [0, 0.05) is 32.7 Å². The Hall–Kier alpha value is -1.00. The fourth-order valence-corrected chi connectivity index (χ4v) is 4.79. The first-order chi connectivity index (χ1) is 9.46. The van der Waals surface area contributed by atoms with Crippen molar-refractivity contribution in [3.63, 3.8) is 0 Å². The summed E-state index contributed by atoms with van der Waals surface area (Å²) in [5.74, 6) is -1.22. The van der Waals surface area contributed by atoms with Crippen LogP contribution in [0.25, 0.3) is 0 Å². The lowest BCUT2D eigenvalue weighted by Crippen LogP contribution is -2.49. The Morgan fingerprint density at radius 3 is 2.50 bits per heavy atom. The molecule has 0 unspecified atom stereocenters. The number of sulfonamides is 1. The molecule has 20 heavy (non-hydrogen) atoms. The van der Waals surface area contributed by atoms with Crippen LogP contribution in [0, 0.1) is 0 Å². The number of carboxylic acid groups (broad SMARTS) is 1. The van der Waals surface area contributed by atoms with Gasteiger partial charge in [-0.1, -0.05) is 0 Å². The van der Waals surface area contributed by atoms with Crippen molar-refractivity contribution < 1.29 is 23.4 Å². The first-order valence-corrected chi connectivity index (χ1v) is 8.43. The average molecular weight is 320 g/mol. The van der Waals surface area contributed by atoms with Crippen LogP contribution in [0.5, 0.6) is 0 Å². The zero-order valence-corrected chi connectivity index (χ0v) is 12.4. The average Bonchev–Trinajstić information content (AvgIpc) is 2.90. The molecule has 2 heterocycles. The molecule has 2 N–H and O–H groups in total. The molecule has 1 saturated heterocycles. The Morgan fingerprint density at radius 1 is 1.30 bits per heavy atom. The van der Waals surface area contributed by atoms with E-state index in [2.05, 4.69) is 0 Å². The number of thiophene rings is 1. The number of aromatic carboxylic acids is 1. The normalized spacial score (nSPS) is 18.2. The smallest absolute Gasteiger partial charge is 0.347 e. The van der Waals surface area contributed by atoms with Gasteiger partial charge in [0.15, 0.2) is 0 Å². The summed E-state index contributed by atoms with van der Waals surface area (Å²) in [5.41, 5.74) is 0. The van der Waals surface area contributed by atoms with Crippen LogP contribution in [0.3, 0.4) is 0 Å². The highest BCUT2D eigenvalue weighted by Gasteiger charge is 2.32. The molecule has 2 rings (SSSR count). The third-order valence-electron chi connectivity index (χ3n) is 3.19. The van der Waals surface area contributed by atoms with E-state index in [1.165, 1.54) is 15.8 Å². The Kier molecular flexibility index (Phi) is 4.76. The molecule has 1 aliphatic rings. The molecule has 0 atom stereocenters. The highest BCUT2D eigenvalue weighted by Crippen LogP contribution is 2.25. The van der Waals surface area contributed by atoms with E-state index in [-0.39, 0.29) is 16.4 Å². The SMILES string of the molecule is O=C(O)c1sccc1S(=O)(=O)N1CCN(CCO)CC1. The molecule has 1 aromatic heterocycles. The summed E-state index contributed by atoms with van der Waals surface area (Å²) in [5, 5.41) is 19.3. The maximum Gasteiger partial charge on any atom is 0.347 e. The van der Waals surface area contributed by atoms with Gasteiger partial charge in [0.1, 0.15) is 9.77 Å². The number of aliphatic hydroxyl groups excluding tert-OH is 1. The fraction of sp³-hybridized carbons (Fsp3) is 0.545. The highest BCUT2D eigenvalue weighted by molar-refractivity contribution is 7.89. The molecule has 0 spiro atoms. The monoisotopic (exact) mass is 320 g/mol. The number of carbonyl (C=O) groups is 1. The van der Waals surface area contributed by atoms with Crippen molar-refractivity contribution in [1.29, 1.82) is 0 Å². The first kappa shape index (κ1) is 15.4. The number of piperazine rings is 1. The van der Waals surface area contributed by atoms with Crippen LogP contribution in [0.2, 0.25) is 0 Å². The summed E-state index contributed by atoms with van der Waals surface area (Å²) >= 11 is 0.908. The van der Waals surface area contributed by atoms with Crippen molar-refractivity contribution in [3.8, 4) is 0 Å². The molecule has 7 nitrogen and oxygen atoms in total. The highest BCUT2D eigenvalue weighted by atomic mass is 32.2. The number of aliphatic hydroxyl groups is 1. The minimum Gasteiger partial charge on any atom is -0.477 e. The topological polar surface area (TPSA) is 98.1 Å². The van der Waals surface area contributed by atoms with E-state index >= 15 is 0 Å². The van der Waals surface area contributed by atoms with Gasteiger partial charge in [-0.25, -0.2) is 13.2 Å². The van der Waals surface area contributed by atoms with Crippen molar-refractivity contribution in [2.24, 2.45) is 0 Å². The molecule has 112 valence electrons. The third kappa shape index (κ3) is 3.01. The summed E-state index contributed by atoms with van der Waals surface area (Å²) < 4.78 is 26.2. The summed E-state index contributed by atoms with van der Waals surface area (Å²) in [4.78, 5) is 12.7. The summed E-state index contributed by atoms with van der Waals surface area (Å²) in [7, 11) is -3.76. The van der Waals surface area contributed by atoms with Crippen LogP contribution in [0.1, 0.15) is 9.67 Å². The molecular formula is C11H16N2O5S2. The van der Waals surface area contributed by atoms with E-state index in [1.807, 2.05) is 4.90 Å². The second kappa shape index (κ2) is 6.19. The van der Waals surface area contributed by atoms with Crippen molar-refractivity contribution >= 4 is 27.3 Å². The van der Waals surface area contributed by atoms with Crippen LogP contribution in [0.15, 0.2) is 16.3 Å². The summed E-state index contributed by atoms with van der Waals surface area (Å²) in [6.45, 7) is 2.24. The van der Waals surface area contributed by atoms with Crippen LogP contribution >= 0.6 is 11.3 Å². The zero-order valence-electron chi connectivity index (χ0n) is 10.7. The van der Waals surface area contributed by atoms with Crippen LogP contribution in [-0.4, -0.2) is 73.1 Å². The lowest BCUT2D eigenvalue weighted by atomic mass is 10.4. The Bertz CT molecular complexity index is 575. The fourth-order valence-electron chi connectivity index (χ4n) is 2.13. The molecule has 9 heteroatoms. The molecule has 0 saturated carbocycles. The number of nitrogens with zero attached hydrogens (tertiary/aromatic N) is 2. The van der Waals surface area contributed by atoms with Gasteiger partial charge in [0.05, 0.1) is 6.61 Å². The van der Waals surface area contributed by atoms with Gasteiger partial charge in [-0.05, 0) is 11.4 Å². The lowest BCUT2D eigenvalue weighted by molar-refractivity contribution is 0.0698. The van der Waals surface area contributed by atoms with E-state index < -0.39 is 16.0 Å². The molecule has 0 aromatic carbocycles. The van der Waals surface area contributed by atoms with Gasteiger partial charge >= 0.3 is 5.97 Å². The lowest BCUT2D eigenvalue weighted by Gasteiger charge is -2.33. The largest absolute Gasteiger partial charge is 0.477 e. The van der Waals surface area contributed by atoms with Gasteiger partial charge in [-0.3, -0.25) is 4.90 Å². The zero-order chi connectivity index (χ0) is 14.8. The standard InChI is InChI=1S/C11H16N2O5S2/c14-7-6-12-2-4-13(5-3-12)20(17,18)9-1-8-19-10(9)11(15)16/h1,8,14H,2-7H2,(H,15,16). The molecule has 0 bridgehead atoms. The van der Waals surface area contributed by atoms with E-state index in [4.69, 9.17) is 10.2 Å². The van der Waals surface area contributed by atoms with Crippen molar-refractivity contribution in [1.82, 2.24) is 9.21 Å². The van der Waals surface area contributed by atoms with E-state index in [9.17, 15) is 13.2 Å². The minimum absolute atomic E-state index is 0.0421. The second-order valence-electron chi connectivity index (χ2n) is 4.39. The predicted octanol–water partition coefficient (Wildman–Crippen LogP) is -0.255. The predicted molar refractivity (Wildman–Crippen MR) is 73.6 cm³/mol. The van der Waals surface area contributed by atoms with Crippen molar-refractivity contribution in [3.05, 3.63) is 16.3 Å². The first-order valence-electron chi connectivity index (χ1n) is 6.11. The Morgan fingerprint density at radius 2 is 1.95 bits per heavy atom. The van der Waals surface area contributed by atoms with E-state index in [1.54, 1.807) is 0 Å². The summed E-state index contributed by atoms with van der Waals surface area (Å²) in [6, 6.07) is 1.34. The minimum atomic E-state index is -3.76. The third-order valence-corrected chi connectivity index (χ3v) is 6.16. The van der Waals surface area contributed by atoms with E-state index in [0.717, 1.165) is 11.3 Å². The van der Waals surface area contributed by atoms with Gasteiger partial charge in [-0.15, -0.1) is 11.3 Å². The number of carboxylic acids is 1. The maximum atomic E-state index is 12.4. The quantitative estimate of drug-likeness (QED) is 0.776. The van der Waals surface area contributed by atoms with Crippen LogP contribution in [-0.2, 0) is 10.0 Å². The maximum absolute atomic E-state index is 12.4. The van der Waals surface area contributed by atoms with Crippen molar-refractivity contribution in [2.75, 3.05) is 39.3 Å². The van der Waals surface area contributed by atoms with Gasteiger partial charge in [-0.2, -0.15) is 4.31 Å². The molecule has 1 aromatic rings. The van der Waals surface area contributed by atoms with Crippen LogP contribution < -0.4 is 0 Å². The second-order valence-corrected chi connectivity index (χ2v) is 7.21. The molecule has 0 aliphatic carbocycles. The van der Waals surface area contributed by atoms with E-state index in [0.29, 0.717) is 32.7 Å². The Labute approximate surface area is 121 Å². The van der Waals surface area contributed by atoms with Crippen LogP contribution in [0.4, 0.5) is 0 Å². The molecule has 0 amide bonds. The number of β-amino-alcohol motifs (C(OH)–C–C–N with tert-alkyl or cyclic N) is 1. The molecule has 0 radical (unpaired) electrons.